The number of amides is 1. The molecule has 0 saturated heterocycles. The Morgan fingerprint density at radius 1 is 1.62 bits per heavy atom. The Balaban J connectivity index is 4.67. The van der Waals surface area contributed by atoms with Crippen molar-refractivity contribution >= 4 is 22.1 Å². The van der Waals surface area contributed by atoms with Gasteiger partial charge >= 0.3 is 16.3 Å². The van der Waals surface area contributed by atoms with Gasteiger partial charge in [-0.2, -0.15) is 12.7 Å². The molecule has 1 amide bonds. The molecule has 1 unspecified atom stereocenters. The van der Waals surface area contributed by atoms with Gasteiger partial charge in [0.05, 0.1) is 12.6 Å². The summed E-state index contributed by atoms with van der Waals surface area (Å²) >= 11 is 0. The van der Waals surface area contributed by atoms with Gasteiger partial charge in [-0.3, -0.25) is 5.41 Å². The Bertz CT molecular complexity index is 367. The highest BCUT2D eigenvalue weighted by atomic mass is 32.2. The Kier molecular flexibility index (Phi) is 5.18. The zero-order valence-electron chi connectivity index (χ0n) is 9.35. The Morgan fingerprint density at radius 2 is 2.12 bits per heavy atom. The van der Waals surface area contributed by atoms with Gasteiger partial charge in [0, 0.05) is 7.05 Å². The first-order valence-electron chi connectivity index (χ1n) is 4.48. The summed E-state index contributed by atoms with van der Waals surface area (Å²) in [5.41, 5.74) is 5.16. The van der Waals surface area contributed by atoms with Crippen LogP contribution in [0.2, 0.25) is 0 Å². The third kappa shape index (κ3) is 4.03. The van der Waals surface area contributed by atoms with Gasteiger partial charge < -0.3 is 10.5 Å². The number of rotatable bonds is 5. The first kappa shape index (κ1) is 14.6. The van der Waals surface area contributed by atoms with Crippen LogP contribution in [-0.2, 0) is 14.9 Å². The molecule has 0 heterocycles. The molecule has 0 aromatic heterocycles. The fraction of sp³-hybridized carbons (Fsp3) is 0.714. The van der Waals surface area contributed by atoms with E-state index < -0.39 is 22.3 Å². The molecular weight excluding hydrogens is 236 g/mol. The van der Waals surface area contributed by atoms with Crippen LogP contribution < -0.4 is 10.5 Å². The van der Waals surface area contributed by atoms with Gasteiger partial charge in [-0.1, -0.05) is 0 Å². The molecule has 4 N–H and O–H groups in total. The first-order chi connectivity index (χ1) is 7.22. The van der Waals surface area contributed by atoms with Crippen LogP contribution in [0.25, 0.3) is 0 Å². The van der Waals surface area contributed by atoms with Crippen molar-refractivity contribution in [1.82, 2.24) is 9.03 Å². The summed E-state index contributed by atoms with van der Waals surface area (Å²) in [5, 5.41) is 7.10. The lowest BCUT2D eigenvalue weighted by Crippen LogP contribution is -2.49. The summed E-state index contributed by atoms with van der Waals surface area (Å²) < 4.78 is 29.9. The lowest BCUT2D eigenvalue weighted by atomic mass is 10.3. The van der Waals surface area contributed by atoms with E-state index in [2.05, 4.69) is 4.74 Å². The molecule has 0 bridgehead atoms. The predicted molar refractivity (Wildman–Crippen MR) is 58.2 cm³/mol. The number of hydrogen-bond acceptors (Lipinski definition) is 5. The van der Waals surface area contributed by atoms with Crippen LogP contribution in [0.4, 0.5) is 4.79 Å². The van der Waals surface area contributed by atoms with Crippen LogP contribution in [0.3, 0.4) is 0 Å². The molecule has 0 aromatic carbocycles. The van der Waals surface area contributed by atoms with Crippen molar-refractivity contribution in [3.8, 4) is 0 Å². The number of ether oxygens (including phenoxy) is 1. The molecule has 9 heteroatoms. The highest BCUT2D eigenvalue weighted by molar-refractivity contribution is 7.87. The van der Waals surface area contributed by atoms with Crippen molar-refractivity contribution in [2.75, 3.05) is 13.7 Å². The van der Waals surface area contributed by atoms with E-state index in [0.29, 0.717) is 0 Å². The van der Waals surface area contributed by atoms with E-state index in [-0.39, 0.29) is 12.4 Å². The highest BCUT2D eigenvalue weighted by Crippen LogP contribution is 2.01. The highest BCUT2D eigenvalue weighted by Gasteiger charge is 2.27. The second-order valence-corrected chi connectivity index (χ2v) is 4.71. The van der Waals surface area contributed by atoms with Crippen molar-refractivity contribution in [2.45, 2.75) is 19.9 Å². The molecular formula is C7H16N4O4S. The topological polar surface area (TPSA) is 126 Å². The summed E-state index contributed by atoms with van der Waals surface area (Å²) in [4.78, 5) is 10.9. The lowest BCUT2D eigenvalue weighted by molar-refractivity contribution is 0.158. The van der Waals surface area contributed by atoms with Gasteiger partial charge in [-0.25, -0.2) is 9.52 Å². The largest absolute Gasteiger partial charge is 0.449 e. The van der Waals surface area contributed by atoms with E-state index in [1.165, 1.54) is 14.0 Å². The fourth-order valence-corrected chi connectivity index (χ4v) is 1.69. The average molecular weight is 252 g/mol. The molecule has 0 aliphatic rings. The van der Waals surface area contributed by atoms with E-state index in [0.717, 1.165) is 4.31 Å². The number of nitrogens with two attached hydrogens (primary N) is 1. The summed E-state index contributed by atoms with van der Waals surface area (Å²) in [5.74, 6) is -0.322. The van der Waals surface area contributed by atoms with Crippen molar-refractivity contribution in [3.05, 3.63) is 0 Å². The number of amidine groups is 1. The smallest absolute Gasteiger partial charge is 0.421 e. The maximum Gasteiger partial charge on any atom is 0.421 e. The molecule has 94 valence electrons. The second-order valence-electron chi connectivity index (χ2n) is 2.98. The van der Waals surface area contributed by atoms with E-state index in [4.69, 9.17) is 11.1 Å². The molecule has 0 fully saturated rings. The van der Waals surface area contributed by atoms with E-state index >= 15 is 0 Å². The quantitative estimate of drug-likeness (QED) is 0.437. The normalized spacial score (nSPS) is 13.2. The van der Waals surface area contributed by atoms with Crippen LogP contribution in [0, 0.1) is 5.41 Å². The standard InChI is InChI=1S/C7H16N4O4S/c1-4-15-7(12)10-16(13,14)11(3)5(2)6(8)9/h5H,4H2,1-3H3,(H3,8,9)(H,10,12). The third-order valence-corrected chi connectivity index (χ3v) is 3.36. The monoisotopic (exact) mass is 252 g/mol. The molecule has 0 aliphatic heterocycles. The minimum absolute atomic E-state index is 0.0628. The zero-order chi connectivity index (χ0) is 12.9. The molecule has 0 saturated carbocycles. The average Bonchev–Trinajstić information content (AvgIpc) is 2.14. The third-order valence-electron chi connectivity index (χ3n) is 1.86. The van der Waals surface area contributed by atoms with Gasteiger partial charge in [-0.15, -0.1) is 0 Å². The number of likely N-dealkylation sites (N-methyl/N-ethyl adjacent to an activating group) is 1. The predicted octanol–water partition coefficient (Wildman–Crippen LogP) is -0.766. The lowest BCUT2D eigenvalue weighted by Gasteiger charge is -2.22. The number of carbonyl (C=O) groups is 1. The molecule has 1 atom stereocenters. The number of hydrogen-bond donors (Lipinski definition) is 3. The molecule has 8 nitrogen and oxygen atoms in total. The molecule has 0 spiro atoms. The maximum absolute atomic E-state index is 11.5. The van der Waals surface area contributed by atoms with E-state index in [1.807, 2.05) is 0 Å². The zero-order valence-corrected chi connectivity index (χ0v) is 10.2. The van der Waals surface area contributed by atoms with Gasteiger partial charge in [-0.05, 0) is 13.8 Å². The minimum atomic E-state index is -4.04. The minimum Gasteiger partial charge on any atom is -0.449 e. The van der Waals surface area contributed by atoms with Crippen molar-refractivity contribution < 1.29 is 17.9 Å². The molecule has 0 rings (SSSR count). The molecule has 16 heavy (non-hydrogen) atoms. The Hall–Kier alpha value is -1.35. The van der Waals surface area contributed by atoms with Crippen molar-refractivity contribution in [2.24, 2.45) is 5.73 Å². The summed E-state index contributed by atoms with van der Waals surface area (Å²) in [6.07, 6.45) is -1.06. The van der Waals surface area contributed by atoms with Gasteiger partial charge in [0.15, 0.2) is 0 Å². The van der Waals surface area contributed by atoms with Crippen molar-refractivity contribution in [1.29, 1.82) is 5.41 Å². The Labute approximate surface area is 94.4 Å². The summed E-state index contributed by atoms with van der Waals surface area (Å²) in [6.45, 7) is 3.04. The van der Waals surface area contributed by atoms with E-state index in [9.17, 15) is 13.2 Å². The SMILES string of the molecule is CCOC(=O)NS(=O)(=O)N(C)C(C)C(=N)N. The van der Waals surface area contributed by atoms with Gasteiger partial charge in [0.2, 0.25) is 0 Å². The first-order valence-corrected chi connectivity index (χ1v) is 5.92. The van der Waals surface area contributed by atoms with Gasteiger partial charge in [0.25, 0.3) is 0 Å². The van der Waals surface area contributed by atoms with Gasteiger partial charge in [0.1, 0.15) is 5.84 Å². The second kappa shape index (κ2) is 5.66. The van der Waals surface area contributed by atoms with Crippen LogP contribution >= 0.6 is 0 Å². The number of nitrogens with one attached hydrogen (secondary N) is 2. The number of nitrogens with zero attached hydrogens (tertiary/aromatic N) is 1. The molecule has 0 aliphatic carbocycles. The summed E-state index contributed by atoms with van der Waals surface area (Å²) in [6, 6.07) is -0.841. The maximum atomic E-state index is 11.5. The summed E-state index contributed by atoms with van der Waals surface area (Å²) in [7, 11) is -2.84. The fourth-order valence-electron chi connectivity index (χ4n) is 0.742. The van der Waals surface area contributed by atoms with E-state index in [1.54, 1.807) is 11.6 Å². The van der Waals surface area contributed by atoms with Crippen molar-refractivity contribution in [3.63, 3.8) is 0 Å². The number of carbonyl (C=O) groups excluding carboxylic acids is 1. The van der Waals surface area contributed by atoms with Crippen LogP contribution in [0.5, 0.6) is 0 Å². The van der Waals surface area contributed by atoms with Crippen LogP contribution in [-0.4, -0.2) is 44.3 Å². The molecule has 0 radical (unpaired) electrons. The molecule has 0 aromatic rings. The van der Waals surface area contributed by atoms with Crippen LogP contribution in [0.15, 0.2) is 0 Å². The van der Waals surface area contributed by atoms with Crippen LogP contribution in [0.1, 0.15) is 13.8 Å². The Morgan fingerprint density at radius 3 is 2.50 bits per heavy atom.